The highest BCUT2D eigenvalue weighted by molar-refractivity contribution is 7.26. The van der Waals surface area contributed by atoms with Crippen molar-refractivity contribution in [3.63, 3.8) is 0 Å². The van der Waals surface area contributed by atoms with E-state index >= 15 is 0 Å². The van der Waals surface area contributed by atoms with Crippen LogP contribution in [0, 0.1) is 0 Å². The van der Waals surface area contributed by atoms with Crippen LogP contribution < -0.4 is 0 Å². The first kappa shape index (κ1) is 13.0. The van der Waals surface area contributed by atoms with E-state index in [1.54, 1.807) is 0 Å². The van der Waals surface area contributed by atoms with E-state index in [-0.39, 0.29) is 0 Å². The van der Waals surface area contributed by atoms with Crippen LogP contribution in [0.2, 0.25) is 5.02 Å². The van der Waals surface area contributed by atoms with Crippen molar-refractivity contribution in [3.8, 4) is 22.3 Å². The molecule has 1 aliphatic rings. The summed E-state index contributed by atoms with van der Waals surface area (Å²) in [5.74, 6) is 0. The van der Waals surface area contributed by atoms with Crippen molar-refractivity contribution < 1.29 is 0 Å². The Morgan fingerprint density at radius 1 is 0.583 bits per heavy atom. The van der Waals surface area contributed by atoms with Gasteiger partial charge in [-0.2, -0.15) is 0 Å². The molecule has 1 heterocycles. The van der Waals surface area contributed by atoms with Gasteiger partial charge in [0.25, 0.3) is 0 Å². The molecule has 1 aromatic heterocycles. The molecule has 24 heavy (non-hydrogen) atoms. The highest BCUT2D eigenvalue weighted by Crippen LogP contribution is 2.51. The first-order valence-electron chi connectivity index (χ1n) is 7.98. The summed E-state index contributed by atoms with van der Waals surface area (Å²) < 4.78 is 2.60. The van der Waals surface area contributed by atoms with Crippen LogP contribution >= 0.6 is 22.9 Å². The van der Waals surface area contributed by atoms with E-state index in [4.69, 9.17) is 11.6 Å². The molecule has 0 unspecified atom stereocenters. The van der Waals surface area contributed by atoms with Crippen molar-refractivity contribution in [2.24, 2.45) is 0 Å². The van der Waals surface area contributed by atoms with E-state index in [1.165, 1.54) is 53.2 Å². The maximum atomic E-state index is 6.46. The van der Waals surface area contributed by atoms with Gasteiger partial charge in [-0.15, -0.1) is 11.3 Å². The van der Waals surface area contributed by atoms with E-state index in [1.807, 2.05) is 11.3 Å². The zero-order chi connectivity index (χ0) is 15.8. The second kappa shape index (κ2) is 4.38. The molecule has 4 aromatic carbocycles. The highest BCUT2D eigenvalue weighted by Gasteiger charge is 2.22. The molecule has 0 nitrogen and oxygen atoms in total. The van der Waals surface area contributed by atoms with Gasteiger partial charge in [-0.05, 0) is 51.2 Å². The smallest absolute Gasteiger partial charge is 0.0426 e. The van der Waals surface area contributed by atoms with Gasteiger partial charge in [-0.1, -0.05) is 60.1 Å². The minimum atomic E-state index is 0.807. The molecular weight excluding hydrogens is 332 g/mol. The second-order valence-corrected chi connectivity index (χ2v) is 7.84. The second-order valence-electron chi connectivity index (χ2n) is 6.32. The quantitative estimate of drug-likeness (QED) is 0.268. The van der Waals surface area contributed by atoms with Crippen molar-refractivity contribution in [1.29, 1.82) is 0 Å². The van der Waals surface area contributed by atoms with Gasteiger partial charge in [0.2, 0.25) is 0 Å². The Kier molecular flexibility index (Phi) is 2.37. The van der Waals surface area contributed by atoms with Crippen molar-refractivity contribution in [2.75, 3.05) is 0 Å². The van der Waals surface area contributed by atoms with Gasteiger partial charge in [0.1, 0.15) is 0 Å². The van der Waals surface area contributed by atoms with Crippen LogP contribution in [0.3, 0.4) is 0 Å². The summed E-state index contributed by atoms with van der Waals surface area (Å²) in [6.45, 7) is 0. The predicted octanol–water partition coefficient (Wildman–Crippen LogP) is 7.51. The van der Waals surface area contributed by atoms with Crippen LogP contribution in [-0.4, -0.2) is 0 Å². The molecule has 0 fully saturated rings. The van der Waals surface area contributed by atoms with Gasteiger partial charge < -0.3 is 0 Å². The third-order valence-electron chi connectivity index (χ3n) is 5.05. The molecule has 112 valence electrons. The van der Waals surface area contributed by atoms with E-state index in [9.17, 15) is 0 Å². The average molecular weight is 343 g/mol. The summed E-state index contributed by atoms with van der Waals surface area (Å²) in [5.41, 5.74) is 5.14. The molecule has 0 atom stereocenters. The molecule has 6 rings (SSSR count). The van der Waals surface area contributed by atoms with Crippen molar-refractivity contribution in [1.82, 2.24) is 0 Å². The van der Waals surface area contributed by atoms with Crippen molar-refractivity contribution in [2.45, 2.75) is 0 Å². The van der Waals surface area contributed by atoms with Gasteiger partial charge in [0.15, 0.2) is 0 Å². The van der Waals surface area contributed by atoms with Gasteiger partial charge in [-0.3, -0.25) is 0 Å². The summed E-state index contributed by atoms with van der Waals surface area (Å²) in [5, 5.41) is 6.21. The monoisotopic (exact) mass is 342 g/mol. The van der Waals surface area contributed by atoms with Crippen LogP contribution in [0.25, 0.3) is 53.2 Å². The van der Waals surface area contributed by atoms with E-state index in [0.29, 0.717) is 0 Å². The Balaban J connectivity index is 2.06. The number of thiophene rings is 1. The molecule has 0 amide bonds. The molecule has 0 aliphatic heterocycles. The minimum Gasteiger partial charge on any atom is -0.135 e. The Morgan fingerprint density at radius 3 is 2.25 bits per heavy atom. The van der Waals surface area contributed by atoms with E-state index in [0.717, 1.165) is 5.02 Å². The van der Waals surface area contributed by atoms with Crippen LogP contribution in [0.15, 0.2) is 66.7 Å². The largest absolute Gasteiger partial charge is 0.135 e. The average Bonchev–Trinajstić information content (AvgIpc) is 2.92. The van der Waals surface area contributed by atoms with Gasteiger partial charge in [-0.25, -0.2) is 0 Å². The Hall–Kier alpha value is -2.35. The number of rotatable bonds is 0. The molecule has 0 radical (unpaired) electrons. The lowest BCUT2D eigenvalue weighted by Crippen LogP contribution is -1.84. The maximum Gasteiger partial charge on any atom is 0.0426 e. The normalized spacial score (nSPS) is 12.4. The first-order valence-corrected chi connectivity index (χ1v) is 9.18. The molecule has 0 N–H and O–H groups in total. The predicted molar refractivity (Wildman–Crippen MR) is 106 cm³/mol. The van der Waals surface area contributed by atoms with Gasteiger partial charge >= 0.3 is 0 Å². The summed E-state index contributed by atoms with van der Waals surface area (Å²) >= 11 is 8.30. The lowest BCUT2D eigenvalue weighted by molar-refractivity contribution is 1.65. The molecule has 0 saturated heterocycles. The van der Waals surface area contributed by atoms with Crippen LogP contribution in [0.1, 0.15) is 0 Å². The standard InChI is InChI=1S/C22H11ClS/c23-13-10-17-15-6-2-1-5-14(15)16-7-3-4-12-8-9-18-22(20(12)16)21(17)19(11-13)24-18/h1-11H. The molecule has 0 spiro atoms. The summed E-state index contributed by atoms with van der Waals surface area (Å²) in [6.07, 6.45) is 0. The Labute approximate surface area is 147 Å². The fraction of sp³-hybridized carbons (Fsp3) is 0. The summed E-state index contributed by atoms with van der Waals surface area (Å²) in [6, 6.07) is 24.0. The maximum absolute atomic E-state index is 6.46. The number of hydrogen-bond acceptors (Lipinski definition) is 1. The van der Waals surface area contributed by atoms with Gasteiger partial charge in [0, 0.05) is 25.2 Å². The van der Waals surface area contributed by atoms with Crippen molar-refractivity contribution in [3.05, 3.63) is 71.8 Å². The van der Waals surface area contributed by atoms with Gasteiger partial charge in [0.05, 0.1) is 0 Å². The third-order valence-corrected chi connectivity index (χ3v) is 6.37. The number of halogens is 1. The topological polar surface area (TPSA) is 0 Å². The number of benzene rings is 4. The van der Waals surface area contributed by atoms with E-state index in [2.05, 4.69) is 66.7 Å². The number of fused-ring (bicyclic) bond motifs is 3. The molecule has 5 aromatic rings. The number of hydrogen-bond donors (Lipinski definition) is 0. The third kappa shape index (κ3) is 1.49. The molecular formula is C22H11ClS. The summed E-state index contributed by atoms with van der Waals surface area (Å²) in [7, 11) is 0. The minimum absolute atomic E-state index is 0.807. The fourth-order valence-corrected chi connectivity index (χ4v) is 5.58. The molecule has 2 heteroatoms. The lowest BCUT2D eigenvalue weighted by atomic mass is 9.94. The summed E-state index contributed by atoms with van der Waals surface area (Å²) in [4.78, 5) is 0. The lowest BCUT2D eigenvalue weighted by Gasteiger charge is -2.11. The zero-order valence-electron chi connectivity index (χ0n) is 12.6. The van der Waals surface area contributed by atoms with Crippen LogP contribution in [-0.2, 0) is 0 Å². The van der Waals surface area contributed by atoms with E-state index < -0.39 is 0 Å². The van der Waals surface area contributed by atoms with Crippen LogP contribution in [0.4, 0.5) is 0 Å². The highest BCUT2D eigenvalue weighted by atomic mass is 35.5. The molecule has 0 bridgehead atoms. The molecule has 0 saturated carbocycles. The first-order chi connectivity index (χ1) is 11.8. The fourth-order valence-electron chi connectivity index (χ4n) is 4.12. The SMILES string of the molecule is Clc1cc2c3c(c1)sc1ccc4cccc(c4c13)-c1ccccc1-2. The molecule has 1 aliphatic carbocycles. The Morgan fingerprint density at radius 2 is 1.38 bits per heavy atom. The Bertz CT molecular complexity index is 1310. The zero-order valence-corrected chi connectivity index (χ0v) is 14.2. The van der Waals surface area contributed by atoms with Crippen LogP contribution in [0.5, 0.6) is 0 Å². The van der Waals surface area contributed by atoms with Crippen molar-refractivity contribution >= 4 is 53.9 Å².